The highest BCUT2D eigenvalue weighted by Crippen LogP contribution is 2.38. The van der Waals surface area contributed by atoms with E-state index in [-0.39, 0.29) is 30.0 Å². The first-order chi connectivity index (χ1) is 14.9. The molecule has 1 aromatic carbocycles. The van der Waals surface area contributed by atoms with Crippen molar-refractivity contribution in [2.45, 2.75) is 70.0 Å². The lowest BCUT2D eigenvalue weighted by Gasteiger charge is -2.31. The van der Waals surface area contributed by atoms with Crippen LogP contribution >= 0.6 is 9.24 Å². The number of benzene rings is 1. The maximum atomic E-state index is 12.3. The van der Waals surface area contributed by atoms with Crippen LogP contribution in [0.15, 0.2) is 12.1 Å². The van der Waals surface area contributed by atoms with Gasteiger partial charge in [-0.3, -0.25) is 10.1 Å². The SMILES string of the molecule is COc1cc(C)cc(OC)c1OC(=O)CNC(=O)CNC1(P)CCCCCCCCC1. The van der Waals surface area contributed by atoms with Crippen molar-refractivity contribution in [3.63, 3.8) is 0 Å². The maximum Gasteiger partial charge on any atom is 0.331 e. The van der Waals surface area contributed by atoms with Crippen molar-refractivity contribution in [1.82, 2.24) is 10.6 Å². The molecule has 1 aliphatic rings. The van der Waals surface area contributed by atoms with E-state index in [1.54, 1.807) is 12.1 Å². The van der Waals surface area contributed by atoms with Gasteiger partial charge < -0.3 is 19.5 Å². The zero-order valence-corrected chi connectivity index (χ0v) is 20.2. The minimum Gasteiger partial charge on any atom is -0.493 e. The number of amides is 1. The van der Waals surface area contributed by atoms with Crippen molar-refractivity contribution in [1.29, 1.82) is 0 Å². The Morgan fingerprint density at radius 3 is 1.97 bits per heavy atom. The monoisotopic (exact) mass is 452 g/mol. The van der Waals surface area contributed by atoms with Crippen LogP contribution in [0, 0.1) is 6.92 Å². The molecule has 1 atom stereocenters. The Bertz CT molecular complexity index is 706. The van der Waals surface area contributed by atoms with Gasteiger partial charge in [0.15, 0.2) is 11.5 Å². The van der Waals surface area contributed by atoms with Gasteiger partial charge in [0.2, 0.25) is 11.7 Å². The smallest absolute Gasteiger partial charge is 0.331 e. The first-order valence-corrected chi connectivity index (χ1v) is 11.7. The molecule has 7 nitrogen and oxygen atoms in total. The van der Waals surface area contributed by atoms with Crippen LogP contribution in [0.4, 0.5) is 0 Å². The number of ether oxygens (including phenoxy) is 3. The Kier molecular flexibility index (Phi) is 10.6. The van der Waals surface area contributed by atoms with Crippen molar-refractivity contribution in [3.05, 3.63) is 17.7 Å². The highest BCUT2D eigenvalue weighted by molar-refractivity contribution is 7.18. The second-order valence-corrected chi connectivity index (χ2v) is 9.34. The molecule has 0 bridgehead atoms. The summed E-state index contributed by atoms with van der Waals surface area (Å²) in [6.07, 6.45) is 10.8. The van der Waals surface area contributed by atoms with Crippen molar-refractivity contribution < 1.29 is 23.8 Å². The Balaban J connectivity index is 1.83. The number of rotatable bonds is 8. The number of nitrogens with one attached hydrogen (secondary N) is 2. The third kappa shape index (κ3) is 8.66. The van der Waals surface area contributed by atoms with Crippen LogP contribution < -0.4 is 24.8 Å². The fourth-order valence-electron chi connectivity index (χ4n) is 3.82. The number of hydrogen-bond acceptors (Lipinski definition) is 6. The molecule has 0 saturated heterocycles. The number of esters is 1. The van der Waals surface area contributed by atoms with Crippen molar-refractivity contribution in [3.8, 4) is 17.2 Å². The summed E-state index contributed by atoms with van der Waals surface area (Å²) in [5, 5.41) is 5.89. The van der Waals surface area contributed by atoms with Crippen LogP contribution in [0.25, 0.3) is 0 Å². The van der Waals surface area contributed by atoms with Gasteiger partial charge >= 0.3 is 5.97 Å². The molecule has 0 heterocycles. The Morgan fingerprint density at radius 1 is 0.935 bits per heavy atom. The average Bonchev–Trinajstić information content (AvgIpc) is 2.76. The Hall–Kier alpha value is -1.85. The Morgan fingerprint density at radius 2 is 1.45 bits per heavy atom. The van der Waals surface area contributed by atoms with E-state index in [4.69, 9.17) is 14.2 Å². The fourth-order valence-corrected chi connectivity index (χ4v) is 4.33. The first-order valence-electron chi connectivity index (χ1n) is 11.1. The molecule has 1 unspecified atom stereocenters. The number of methoxy groups -OCH3 is 2. The minimum absolute atomic E-state index is 0.127. The summed E-state index contributed by atoms with van der Waals surface area (Å²) >= 11 is 0. The lowest BCUT2D eigenvalue weighted by atomic mass is 9.97. The van der Waals surface area contributed by atoms with Gasteiger partial charge in [0.1, 0.15) is 6.54 Å². The molecule has 2 N–H and O–H groups in total. The van der Waals surface area contributed by atoms with Crippen LogP contribution in [0.3, 0.4) is 0 Å². The number of carbonyl (C=O) groups excluding carboxylic acids is 2. The molecule has 1 aliphatic carbocycles. The average molecular weight is 453 g/mol. The van der Waals surface area contributed by atoms with Crippen LogP contribution in [0.5, 0.6) is 17.2 Å². The van der Waals surface area contributed by atoms with Crippen LogP contribution in [-0.4, -0.2) is 44.5 Å². The van der Waals surface area contributed by atoms with E-state index in [9.17, 15) is 9.59 Å². The molecule has 1 saturated carbocycles. The standard InChI is InChI=1S/C23H37N2O5P/c1-17-13-18(28-2)22(19(14-17)29-3)30-21(27)16-24-20(26)15-25-23(31)11-9-7-5-4-6-8-10-12-23/h13-14,25H,4-12,15-16,31H2,1-3H3,(H,24,26). The molecule has 0 aromatic heterocycles. The Labute approximate surface area is 188 Å². The van der Waals surface area contributed by atoms with Crippen molar-refractivity contribution >= 4 is 21.1 Å². The highest BCUT2D eigenvalue weighted by atomic mass is 31.0. The van der Waals surface area contributed by atoms with Crippen LogP contribution in [0.1, 0.15) is 63.4 Å². The van der Waals surface area contributed by atoms with Gasteiger partial charge in [-0.05, 0) is 37.5 Å². The lowest BCUT2D eigenvalue weighted by Crippen LogP contribution is -2.46. The normalized spacial score (nSPS) is 16.8. The van der Waals surface area contributed by atoms with Crippen molar-refractivity contribution in [2.75, 3.05) is 27.3 Å². The number of carbonyl (C=O) groups is 2. The van der Waals surface area contributed by atoms with Crippen LogP contribution in [-0.2, 0) is 9.59 Å². The summed E-state index contributed by atoms with van der Waals surface area (Å²) in [5.74, 6) is 0.184. The van der Waals surface area contributed by atoms with E-state index in [0.717, 1.165) is 31.2 Å². The zero-order valence-electron chi connectivity index (χ0n) is 19.1. The minimum atomic E-state index is -0.590. The van der Waals surface area contributed by atoms with Crippen LogP contribution in [0.2, 0.25) is 0 Å². The third-order valence-corrected chi connectivity index (χ3v) is 6.38. The van der Waals surface area contributed by atoms with E-state index in [2.05, 4.69) is 19.9 Å². The van der Waals surface area contributed by atoms with E-state index in [0.29, 0.717) is 11.5 Å². The summed E-state index contributed by atoms with van der Waals surface area (Å²) in [4.78, 5) is 24.6. The quantitative estimate of drug-likeness (QED) is 0.355. The topological polar surface area (TPSA) is 85.9 Å². The molecular weight excluding hydrogens is 415 g/mol. The fraction of sp³-hybridized carbons (Fsp3) is 0.652. The van der Waals surface area contributed by atoms with Gasteiger partial charge in [0.25, 0.3) is 0 Å². The van der Waals surface area contributed by atoms with Gasteiger partial charge in [-0.1, -0.05) is 44.9 Å². The summed E-state index contributed by atoms with van der Waals surface area (Å²) < 4.78 is 16.0. The van der Waals surface area contributed by atoms with Gasteiger partial charge in [-0.15, -0.1) is 9.24 Å². The van der Waals surface area contributed by atoms with E-state index in [1.807, 2.05) is 6.92 Å². The molecule has 8 heteroatoms. The predicted molar refractivity (Wildman–Crippen MR) is 125 cm³/mol. The molecule has 31 heavy (non-hydrogen) atoms. The summed E-state index contributed by atoms with van der Waals surface area (Å²) in [7, 11) is 5.91. The molecule has 0 aliphatic heterocycles. The van der Waals surface area contributed by atoms with E-state index in [1.165, 1.54) is 46.3 Å². The lowest BCUT2D eigenvalue weighted by molar-refractivity contribution is -0.135. The maximum absolute atomic E-state index is 12.3. The van der Waals surface area contributed by atoms with Gasteiger partial charge in [-0.25, -0.2) is 4.79 Å². The van der Waals surface area contributed by atoms with Crippen molar-refractivity contribution in [2.24, 2.45) is 0 Å². The van der Waals surface area contributed by atoms with Gasteiger partial charge in [-0.2, -0.15) is 0 Å². The largest absolute Gasteiger partial charge is 0.493 e. The molecule has 2 rings (SSSR count). The molecule has 174 valence electrons. The highest BCUT2D eigenvalue weighted by Gasteiger charge is 2.24. The number of aryl methyl sites for hydroxylation is 1. The summed E-state index contributed by atoms with van der Waals surface area (Å²) in [6.45, 7) is 1.82. The zero-order chi connectivity index (χ0) is 22.7. The number of hydrogen-bond donors (Lipinski definition) is 2. The summed E-state index contributed by atoms with van der Waals surface area (Å²) in [5.41, 5.74) is 0.916. The molecule has 1 aromatic rings. The van der Waals surface area contributed by atoms with Gasteiger partial charge in [0, 0.05) is 5.28 Å². The third-order valence-electron chi connectivity index (χ3n) is 5.60. The molecular formula is C23H37N2O5P. The first kappa shape index (κ1) is 25.4. The predicted octanol–water partition coefficient (Wildman–Crippen LogP) is 3.72. The summed E-state index contributed by atoms with van der Waals surface area (Å²) in [6, 6.07) is 3.51. The van der Waals surface area contributed by atoms with Gasteiger partial charge in [0.05, 0.1) is 20.8 Å². The molecule has 1 amide bonds. The molecule has 0 spiro atoms. The molecule has 1 fully saturated rings. The van der Waals surface area contributed by atoms with E-state index < -0.39 is 5.97 Å². The van der Waals surface area contributed by atoms with E-state index >= 15 is 0 Å². The second-order valence-electron chi connectivity index (χ2n) is 8.23. The second kappa shape index (κ2) is 12.9. The molecule has 0 radical (unpaired) electrons.